The Labute approximate surface area is 198 Å². The molecule has 3 N–H and O–H groups in total. The number of nitrogens with one attached hydrogen (secondary N) is 1. The quantitative estimate of drug-likeness (QED) is 0.110. The first-order valence-corrected chi connectivity index (χ1v) is 12.2. The van der Waals surface area contributed by atoms with Gasteiger partial charge in [0.15, 0.2) is 0 Å². The number of benzene rings is 2. The minimum Gasteiger partial charge on any atom is -0.481 e. The summed E-state index contributed by atoms with van der Waals surface area (Å²) in [6.45, 7) is 0. The average Bonchev–Trinajstić information content (AvgIpc) is 3.55. The highest BCUT2D eigenvalue weighted by Crippen LogP contribution is 2.33. The van der Waals surface area contributed by atoms with Crippen molar-refractivity contribution >= 4 is 33.6 Å². The molecule has 1 atom stereocenters. The molecule has 6 heteroatoms. The predicted molar refractivity (Wildman–Crippen MR) is 133 cm³/mol. The van der Waals surface area contributed by atoms with Crippen molar-refractivity contribution in [1.82, 2.24) is 4.98 Å². The maximum Gasteiger partial charge on any atom is 0.306 e. The molecule has 2 aromatic heterocycles. The van der Waals surface area contributed by atoms with E-state index in [1.54, 1.807) is 0 Å². The van der Waals surface area contributed by atoms with Crippen LogP contribution < -0.4 is 0 Å². The number of hydrogen-bond acceptors (Lipinski definition) is 4. The molecule has 0 spiro atoms. The van der Waals surface area contributed by atoms with Gasteiger partial charge in [-0.25, -0.2) is 0 Å². The Balaban J connectivity index is 1.17. The Morgan fingerprint density at radius 2 is 1.97 bits per heavy atom. The van der Waals surface area contributed by atoms with Gasteiger partial charge in [-0.3, -0.25) is 4.79 Å². The Hall–Kier alpha value is -3.54. The lowest BCUT2D eigenvalue weighted by Gasteiger charge is -2.13. The first-order chi connectivity index (χ1) is 16.6. The smallest absolute Gasteiger partial charge is 0.306 e. The number of nitrogens with zero attached hydrogens (tertiary/aromatic N) is 1. The number of H-pyrrole nitrogens is 1. The van der Waals surface area contributed by atoms with E-state index in [2.05, 4.69) is 28.5 Å². The average molecular weight is 459 g/mol. The molecule has 0 fully saturated rings. The van der Waals surface area contributed by atoms with Crippen molar-refractivity contribution in [3.05, 3.63) is 71.1 Å². The highest BCUT2D eigenvalue weighted by molar-refractivity contribution is 6.04. The summed E-state index contributed by atoms with van der Waals surface area (Å²) in [4.78, 5) is 15.2. The molecule has 0 bridgehead atoms. The van der Waals surface area contributed by atoms with E-state index in [0.29, 0.717) is 17.7 Å². The van der Waals surface area contributed by atoms with Crippen LogP contribution in [0.2, 0.25) is 0 Å². The summed E-state index contributed by atoms with van der Waals surface area (Å²) < 4.78 is 5.99. The van der Waals surface area contributed by atoms with Gasteiger partial charge in [0, 0.05) is 46.5 Å². The lowest BCUT2D eigenvalue weighted by Crippen LogP contribution is -2.19. The van der Waals surface area contributed by atoms with Crippen LogP contribution in [0.1, 0.15) is 61.0 Å². The fourth-order valence-corrected chi connectivity index (χ4v) is 5.27. The van der Waals surface area contributed by atoms with Gasteiger partial charge in [-0.05, 0) is 49.8 Å². The van der Waals surface area contributed by atoms with Crippen molar-refractivity contribution in [3.8, 4) is 0 Å². The van der Waals surface area contributed by atoms with Gasteiger partial charge in [0.2, 0.25) is 0 Å². The van der Waals surface area contributed by atoms with Crippen molar-refractivity contribution < 1.29 is 19.5 Å². The lowest BCUT2D eigenvalue weighted by atomic mass is 9.92. The first-order valence-electron chi connectivity index (χ1n) is 12.2. The van der Waals surface area contributed by atoms with Gasteiger partial charge in [-0.2, -0.15) is 0 Å². The normalized spacial score (nSPS) is 14.6. The van der Waals surface area contributed by atoms with Crippen molar-refractivity contribution in [2.75, 3.05) is 0 Å². The fourth-order valence-electron chi connectivity index (χ4n) is 5.27. The van der Waals surface area contributed by atoms with Gasteiger partial charge in [0.1, 0.15) is 11.3 Å². The number of carboxylic acid groups (broad SMARTS) is 1. The third kappa shape index (κ3) is 4.45. The molecular weight excluding hydrogens is 428 g/mol. The molecule has 1 aliphatic carbocycles. The summed E-state index contributed by atoms with van der Waals surface area (Å²) in [5.41, 5.74) is 5.63. The van der Waals surface area contributed by atoms with Crippen LogP contribution in [0.4, 0.5) is 0 Å². The minimum atomic E-state index is -0.851. The summed E-state index contributed by atoms with van der Waals surface area (Å²) >= 11 is 0. The maximum absolute atomic E-state index is 11.9. The summed E-state index contributed by atoms with van der Waals surface area (Å²) in [6, 6.07) is 14.1. The second-order valence-corrected chi connectivity index (χ2v) is 9.31. The summed E-state index contributed by atoms with van der Waals surface area (Å²) in [7, 11) is 0. The molecule has 176 valence electrons. The second kappa shape index (κ2) is 9.75. The Bertz CT molecular complexity index is 1350. The Kier molecular flexibility index (Phi) is 6.39. The van der Waals surface area contributed by atoms with E-state index in [-0.39, 0.29) is 6.42 Å². The number of aromatic amines is 1. The van der Waals surface area contributed by atoms with Crippen molar-refractivity contribution in [2.24, 2.45) is 11.1 Å². The van der Waals surface area contributed by atoms with Crippen molar-refractivity contribution in [1.29, 1.82) is 0 Å². The third-order valence-electron chi connectivity index (χ3n) is 7.12. The number of aliphatic carboxylic acids is 1. The number of unbranched alkanes of at least 4 members (excludes halogenated alkanes) is 2. The number of para-hydroxylation sites is 1. The number of carboxylic acids is 1. The third-order valence-corrected chi connectivity index (χ3v) is 7.12. The molecule has 1 aliphatic rings. The van der Waals surface area contributed by atoms with Crippen LogP contribution in [-0.4, -0.2) is 27.0 Å². The van der Waals surface area contributed by atoms with Crippen LogP contribution in [-0.2, 0) is 24.1 Å². The molecule has 0 radical (unpaired) electrons. The first kappa shape index (κ1) is 22.3. The van der Waals surface area contributed by atoms with E-state index < -0.39 is 11.9 Å². The number of furan rings is 1. The highest BCUT2D eigenvalue weighted by Gasteiger charge is 2.23. The van der Waals surface area contributed by atoms with E-state index in [1.165, 1.54) is 16.5 Å². The molecule has 0 aliphatic heterocycles. The maximum atomic E-state index is 11.9. The van der Waals surface area contributed by atoms with Gasteiger partial charge in [-0.15, -0.1) is 0 Å². The number of oxime groups is 1. The number of rotatable bonds is 10. The number of aromatic nitrogens is 1. The van der Waals surface area contributed by atoms with E-state index in [4.69, 9.17) is 4.42 Å². The molecule has 2 aromatic carbocycles. The molecule has 34 heavy (non-hydrogen) atoms. The van der Waals surface area contributed by atoms with E-state index in [9.17, 15) is 15.1 Å². The Morgan fingerprint density at radius 1 is 1.09 bits per heavy atom. The largest absolute Gasteiger partial charge is 0.481 e. The molecule has 6 nitrogen and oxygen atoms in total. The second-order valence-electron chi connectivity index (χ2n) is 9.31. The number of carbonyl (C=O) groups is 1. The van der Waals surface area contributed by atoms with Crippen LogP contribution in [0.5, 0.6) is 0 Å². The SMILES string of the molecule is O=C(O)C(CCCCCc1c[nH]c2ccccc12)CC(=NO)c1ccc2c3c(oc2c1)CCC3. The van der Waals surface area contributed by atoms with Gasteiger partial charge < -0.3 is 19.7 Å². The highest BCUT2D eigenvalue weighted by atomic mass is 16.4. The van der Waals surface area contributed by atoms with Crippen LogP contribution in [0.3, 0.4) is 0 Å². The van der Waals surface area contributed by atoms with Crippen LogP contribution >= 0.6 is 0 Å². The summed E-state index contributed by atoms with van der Waals surface area (Å²) in [6.07, 6.45) is 9.69. The van der Waals surface area contributed by atoms with Gasteiger partial charge in [-0.1, -0.05) is 48.3 Å². The monoisotopic (exact) mass is 458 g/mol. The van der Waals surface area contributed by atoms with Crippen LogP contribution in [0.25, 0.3) is 21.9 Å². The number of hydrogen-bond donors (Lipinski definition) is 3. The summed E-state index contributed by atoms with van der Waals surface area (Å²) in [5.74, 6) is -0.391. The molecule has 0 saturated carbocycles. The Morgan fingerprint density at radius 3 is 2.82 bits per heavy atom. The number of aryl methyl sites for hydroxylation is 3. The molecular formula is C28H30N2O4. The molecule has 0 amide bonds. The molecule has 5 rings (SSSR count). The molecule has 0 saturated heterocycles. The standard InChI is InChI=1S/C28H30N2O4/c31-28(32)19(7-2-1-3-8-20-17-29-24-11-5-4-9-21(20)24)15-25(30-33)18-13-14-23-22-10-6-12-26(22)34-27(23)16-18/h4-5,9,11,13-14,16-17,19,29,33H,1-3,6-8,10,12,15H2,(H,31,32). The van der Waals surface area contributed by atoms with E-state index >= 15 is 0 Å². The zero-order valence-electron chi connectivity index (χ0n) is 19.2. The number of fused-ring (bicyclic) bond motifs is 4. The van der Waals surface area contributed by atoms with Crippen LogP contribution in [0.15, 0.2) is 58.2 Å². The van der Waals surface area contributed by atoms with Crippen molar-refractivity contribution in [2.45, 2.75) is 57.8 Å². The van der Waals surface area contributed by atoms with Gasteiger partial charge in [0.05, 0.1) is 11.6 Å². The molecule has 2 heterocycles. The fraction of sp³-hybridized carbons (Fsp3) is 0.357. The van der Waals surface area contributed by atoms with Crippen molar-refractivity contribution in [3.63, 3.8) is 0 Å². The van der Waals surface area contributed by atoms with Gasteiger partial charge in [0.25, 0.3) is 0 Å². The predicted octanol–water partition coefficient (Wildman–Crippen LogP) is 6.48. The summed E-state index contributed by atoms with van der Waals surface area (Å²) in [5, 5.41) is 25.3. The van der Waals surface area contributed by atoms with Gasteiger partial charge >= 0.3 is 5.97 Å². The zero-order chi connectivity index (χ0) is 23.5. The topological polar surface area (TPSA) is 98.8 Å². The lowest BCUT2D eigenvalue weighted by molar-refractivity contribution is -0.141. The van der Waals surface area contributed by atoms with Crippen LogP contribution in [0, 0.1) is 5.92 Å². The molecule has 1 unspecified atom stereocenters. The van der Waals surface area contributed by atoms with E-state index in [0.717, 1.165) is 67.2 Å². The van der Waals surface area contributed by atoms with E-state index in [1.807, 2.05) is 30.3 Å². The minimum absolute atomic E-state index is 0.195. The molecule has 4 aromatic rings. The zero-order valence-corrected chi connectivity index (χ0v) is 19.2.